The summed E-state index contributed by atoms with van der Waals surface area (Å²) in [5.41, 5.74) is 7.62. The van der Waals surface area contributed by atoms with Crippen LogP contribution in [0.3, 0.4) is 0 Å². The van der Waals surface area contributed by atoms with E-state index >= 15 is 0 Å². The van der Waals surface area contributed by atoms with Gasteiger partial charge in [0.2, 0.25) is 0 Å². The summed E-state index contributed by atoms with van der Waals surface area (Å²) in [4.78, 5) is 10.7. The SMILES string of the molecule is NCC1(C(O)C=O)Cc2ccccc2C1. The molecule has 0 aromatic heterocycles. The van der Waals surface area contributed by atoms with Crippen molar-refractivity contribution < 1.29 is 9.90 Å². The molecule has 1 unspecified atom stereocenters. The second-order valence-corrected chi connectivity index (χ2v) is 4.27. The number of nitrogens with two attached hydrogens (primary N) is 1. The van der Waals surface area contributed by atoms with E-state index in [0.29, 0.717) is 25.7 Å². The van der Waals surface area contributed by atoms with Gasteiger partial charge in [0.05, 0.1) is 0 Å². The molecule has 3 heteroatoms. The maximum atomic E-state index is 10.7. The summed E-state index contributed by atoms with van der Waals surface area (Å²) < 4.78 is 0. The number of fused-ring (bicyclic) bond motifs is 1. The van der Waals surface area contributed by atoms with Gasteiger partial charge in [0, 0.05) is 12.0 Å². The normalized spacial score (nSPS) is 19.6. The lowest BCUT2D eigenvalue weighted by molar-refractivity contribution is -0.120. The van der Waals surface area contributed by atoms with E-state index in [1.54, 1.807) is 0 Å². The van der Waals surface area contributed by atoms with Gasteiger partial charge in [-0.2, -0.15) is 0 Å². The highest BCUT2D eigenvalue weighted by molar-refractivity contribution is 5.59. The number of aliphatic hydroxyl groups is 1. The van der Waals surface area contributed by atoms with Crippen molar-refractivity contribution in [3.8, 4) is 0 Å². The number of hydrogen-bond donors (Lipinski definition) is 2. The van der Waals surface area contributed by atoms with Crippen molar-refractivity contribution in [1.29, 1.82) is 0 Å². The Morgan fingerprint density at radius 2 is 1.93 bits per heavy atom. The summed E-state index contributed by atoms with van der Waals surface area (Å²) in [6, 6.07) is 8.01. The zero-order valence-corrected chi connectivity index (χ0v) is 8.52. The van der Waals surface area contributed by atoms with E-state index in [2.05, 4.69) is 0 Å². The summed E-state index contributed by atoms with van der Waals surface area (Å²) in [6.45, 7) is 0.335. The third kappa shape index (κ3) is 1.58. The van der Waals surface area contributed by atoms with Crippen LogP contribution < -0.4 is 5.73 Å². The lowest BCUT2D eigenvalue weighted by Gasteiger charge is -2.29. The van der Waals surface area contributed by atoms with Crippen molar-refractivity contribution in [3.05, 3.63) is 35.4 Å². The van der Waals surface area contributed by atoms with Crippen LogP contribution in [0.15, 0.2) is 24.3 Å². The van der Waals surface area contributed by atoms with Crippen LogP contribution in [0.5, 0.6) is 0 Å². The lowest BCUT2D eigenvalue weighted by atomic mass is 9.79. The van der Waals surface area contributed by atoms with E-state index in [9.17, 15) is 9.90 Å². The summed E-state index contributed by atoms with van der Waals surface area (Å²) in [5.74, 6) is 0. The monoisotopic (exact) mass is 205 g/mol. The molecule has 0 amide bonds. The van der Waals surface area contributed by atoms with Crippen LogP contribution in [0.25, 0.3) is 0 Å². The minimum Gasteiger partial charge on any atom is -0.385 e. The molecule has 2 rings (SSSR count). The molecular formula is C12H15NO2. The highest BCUT2D eigenvalue weighted by atomic mass is 16.3. The molecule has 80 valence electrons. The second-order valence-electron chi connectivity index (χ2n) is 4.27. The molecule has 0 saturated heterocycles. The smallest absolute Gasteiger partial charge is 0.149 e. The summed E-state index contributed by atoms with van der Waals surface area (Å²) in [6.07, 6.45) is 1.02. The predicted molar refractivity (Wildman–Crippen MR) is 57.4 cm³/mol. The van der Waals surface area contributed by atoms with Crippen LogP contribution in [0.4, 0.5) is 0 Å². The van der Waals surface area contributed by atoms with Gasteiger partial charge in [0.25, 0.3) is 0 Å². The van der Waals surface area contributed by atoms with Crippen molar-refractivity contribution in [3.63, 3.8) is 0 Å². The first-order valence-corrected chi connectivity index (χ1v) is 5.12. The zero-order valence-electron chi connectivity index (χ0n) is 8.52. The number of hydrogen-bond acceptors (Lipinski definition) is 3. The second kappa shape index (κ2) is 3.76. The molecule has 0 saturated carbocycles. The Kier molecular flexibility index (Phi) is 2.59. The number of benzene rings is 1. The standard InChI is InChI=1S/C12H15NO2/c13-8-12(11(15)7-14)5-9-3-1-2-4-10(9)6-12/h1-4,7,11,15H,5-6,8,13H2. The molecular weight excluding hydrogens is 190 g/mol. The average Bonchev–Trinajstić information content (AvgIpc) is 2.67. The molecule has 0 fully saturated rings. The van der Waals surface area contributed by atoms with E-state index in [4.69, 9.17) is 5.73 Å². The van der Waals surface area contributed by atoms with Crippen LogP contribution in [0.1, 0.15) is 11.1 Å². The van der Waals surface area contributed by atoms with Crippen LogP contribution in [-0.2, 0) is 17.6 Å². The quantitative estimate of drug-likeness (QED) is 0.697. The van der Waals surface area contributed by atoms with E-state index in [1.165, 1.54) is 11.1 Å². The average molecular weight is 205 g/mol. The molecule has 0 heterocycles. The Labute approximate surface area is 88.9 Å². The number of carbonyl (C=O) groups is 1. The van der Waals surface area contributed by atoms with Gasteiger partial charge in [-0.3, -0.25) is 0 Å². The van der Waals surface area contributed by atoms with Gasteiger partial charge in [0.1, 0.15) is 12.4 Å². The molecule has 0 radical (unpaired) electrons. The highest BCUT2D eigenvalue weighted by Gasteiger charge is 2.41. The van der Waals surface area contributed by atoms with Gasteiger partial charge in [0.15, 0.2) is 0 Å². The third-order valence-electron chi connectivity index (χ3n) is 3.37. The molecule has 0 aliphatic heterocycles. The molecule has 1 atom stereocenters. The third-order valence-corrected chi connectivity index (χ3v) is 3.37. The van der Waals surface area contributed by atoms with Crippen molar-refractivity contribution in [2.45, 2.75) is 18.9 Å². The molecule has 1 aliphatic rings. The fourth-order valence-electron chi connectivity index (χ4n) is 2.34. The molecule has 1 aromatic carbocycles. The van der Waals surface area contributed by atoms with Gasteiger partial charge in [-0.1, -0.05) is 24.3 Å². The maximum Gasteiger partial charge on any atom is 0.149 e. The number of carbonyl (C=O) groups excluding carboxylic acids is 1. The number of aliphatic hydroxyl groups excluding tert-OH is 1. The van der Waals surface area contributed by atoms with Gasteiger partial charge in [-0.15, -0.1) is 0 Å². The Bertz CT molecular complexity index is 351. The van der Waals surface area contributed by atoms with E-state index < -0.39 is 11.5 Å². The van der Waals surface area contributed by atoms with Crippen molar-refractivity contribution in [2.24, 2.45) is 11.1 Å². The van der Waals surface area contributed by atoms with Crippen LogP contribution in [0, 0.1) is 5.41 Å². The maximum absolute atomic E-state index is 10.7. The van der Waals surface area contributed by atoms with Crippen molar-refractivity contribution in [1.82, 2.24) is 0 Å². The Balaban J connectivity index is 2.33. The Morgan fingerprint density at radius 1 is 1.40 bits per heavy atom. The van der Waals surface area contributed by atoms with Crippen LogP contribution in [0.2, 0.25) is 0 Å². The van der Waals surface area contributed by atoms with Crippen molar-refractivity contribution >= 4 is 6.29 Å². The predicted octanol–water partition coefficient (Wildman–Crippen LogP) is 0.290. The topological polar surface area (TPSA) is 63.3 Å². The fourth-order valence-corrected chi connectivity index (χ4v) is 2.34. The molecule has 1 aromatic rings. The summed E-state index contributed by atoms with van der Waals surface area (Å²) >= 11 is 0. The Hall–Kier alpha value is -1.19. The lowest BCUT2D eigenvalue weighted by Crippen LogP contribution is -2.43. The van der Waals surface area contributed by atoms with Gasteiger partial charge in [-0.25, -0.2) is 0 Å². The zero-order chi connectivity index (χ0) is 10.9. The van der Waals surface area contributed by atoms with E-state index in [1.807, 2.05) is 24.3 Å². The molecule has 15 heavy (non-hydrogen) atoms. The van der Waals surface area contributed by atoms with E-state index in [-0.39, 0.29) is 0 Å². The van der Waals surface area contributed by atoms with Crippen LogP contribution in [-0.4, -0.2) is 24.0 Å². The Morgan fingerprint density at radius 3 is 2.33 bits per heavy atom. The first-order chi connectivity index (χ1) is 7.22. The molecule has 3 N–H and O–H groups in total. The fraction of sp³-hybridized carbons (Fsp3) is 0.417. The number of rotatable bonds is 3. The molecule has 0 spiro atoms. The molecule has 3 nitrogen and oxygen atoms in total. The first kappa shape index (κ1) is 10.3. The van der Waals surface area contributed by atoms with Gasteiger partial charge in [-0.05, 0) is 24.0 Å². The summed E-state index contributed by atoms with van der Waals surface area (Å²) in [5, 5.41) is 9.73. The largest absolute Gasteiger partial charge is 0.385 e. The highest BCUT2D eigenvalue weighted by Crippen LogP contribution is 2.38. The first-order valence-electron chi connectivity index (χ1n) is 5.12. The van der Waals surface area contributed by atoms with Gasteiger partial charge >= 0.3 is 0 Å². The minimum absolute atomic E-state index is 0.335. The van der Waals surface area contributed by atoms with Gasteiger partial charge < -0.3 is 15.6 Å². The van der Waals surface area contributed by atoms with E-state index in [0.717, 1.165) is 0 Å². The minimum atomic E-state index is -0.963. The van der Waals surface area contributed by atoms with Crippen molar-refractivity contribution in [2.75, 3.05) is 6.54 Å². The summed E-state index contributed by atoms with van der Waals surface area (Å²) in [7, 11) is 0. The number of aldehydes is 1. The molecule has 0 bridgehead atoms. The molecule has 1 aliphatic carbocycles. The van der Waals surface area contributed by atoms with Crippen LogP contribution >= 0.6 is 0 Å².